The van der Waals surface area contributed by atoms with Crippen LogP contribution in [0.2, 0.25) is 0 Å². The lowest BCUT2D eigenvalue weighted by Gasteiger charge is -2.31. The van der Waals surface area contributed by atoms with Gasteiger partial charge in [-0.25, -0.2) is 15.0 Å². The van der Waals surface area contributed by atoms with Gasteiger partial charge in [-0.15, -0.1) is 0 Å². The smallest absolute Gasteiger partial charge is 0.274 e. The van der Waals surface area contributed by atoms with E-state index in [2.05, 4.69) is 36.7 Å². The van der Waals surface area contributed by atoms with Crippen LogP contribution in [0.4, 0.5) is 5.82 Å². The van der Waals surface area contributed by atoms with E-state index in [1.54, 1.807) is 12.5 Å². The summed E-state index contributed by atoms with van der Waals surface area (Å²) in [6.07, 6.45) is 6.93. The number of H-pyrrole nitrogens is 1. The maximum absolute atomic E-state index is 13.4. The molecule has 0 saturated carbocycles. The van der Waals surface area contributed by atoms with Crippen LogP contribution in [0, 0.1) is 0 Å². The normalized spacial score (nSPS) is 18.9. The molecule has 4 heterocycles. The van der Waals surface area contributed by atoms with Gasteiger partial charge in [0.25, 0.3) is 5.91 Å². The van der Waals surface area contributed by atoms with Crippen molar-refractivity contribution in [3.63, 3.8) is 0 Å². The molecular weight excluding hydrogens is 378 g/mol. The van der Waals surface area contributed by atoms with E-state index in [1.165, 1.54) is 0 Å². The molecule has 0 radical (unpaired) electrons. The Hall–Kier alpha value is -3.55. The number of para-hydroxylation sites is 2. The van der Waals surface area contributed by atoms with Crippen LogP contribution in [0.25, 0.3) is 22.1 Å². The van der Waals surface area contributed by atoms with Gasteiger partial charge in [0.1, 0.15) is 23.5 Å². The zero-order chi connectivity index (χ0) is 20.7. The van der Waals surface area contributed by atoms with Gasteiger partial charge in [-0.1, -0.05) is 12.1 Å². The number of nitrogens with zero attached hydrogens (tertiary/aromatic N) is 6. The minimum absolute atomic E-state index is 0.0638. The number of carbonyl (C=O) groups excluding carboxylic acids is 1. The molecule has 0 spiro atoms. The predicted molar refractivity (Wildman–Crippen MR) is 115 cm³/mol. The van der Waals surface area contributed by atoms with Crippen LogP contribution in [0.5, 0.6) is 0 Å². The van der Waals surface area contributed by atoms with E-state index in [1.807, 2.05) is 48.5 Å². The van der Waals surface area contributed by atoms with Crippen molar-refractivity contribution in [1.82, 2.24) is 29.8 Å². The van der Waals surface area contributed by atoms with Gasteiger partial charge in [-0.05, 0) is 38.0 Å². The summed E-state index contributed by atoms with van der Waals surface area (Å²) in [4.78, 5) is 38.3. The minimum Gasteiger partial charge on any atom is -0.357 e. The van der Waals surface area contributed by atoms with Crippen molar-refractivity contribution in [2.75, 3.05) is 18.5 Å². The number of fused-ring (bicyclic) bond motifs is 2. The molecule has 8 nitrogen and oxygen atoms in total. The molecule has 2 atom stereocenters. The van der Waals surface area contributed by atoms with Crippen LogP contribution >= 0.6 is 0 Å². The first-order valence-corrected chi connectivity index (χ1v) is 10.2. The topological polar surface area (TPSA) is 90.9 Å². The Morgan fingerprint density at radius 3 is 2.87 bits per heavy atom. The molecule has 1 fully saturated rings. The van der Waals surface area contributed by atoms with Crippen molar-refractivity contribution in [2.24, 2.45) is 0 Å². The molecule has 1 amide bonds. The fraction of sp³-hybridized carbons (Fsp3) is 0.318. The molecule has 1 aliphatic heterocycles. The van der Waals surface area contributed by atoms with Gasteiger partial charge >= 0.3 is 0 Å². The fourth-order valence-corrected chi connectivity index (χ4v) is 4.37. The average molecular weight is 401 g/mol. The predicted octanol–water partition coefficient (Wildman–Crippen LogP) is 3.03. The number of carbonyl (C=O) groups is 1. The van der Waals surface area contributed by atoms with Crippen LogP contribution in [0.3, 0.4) is 0 Å². The summed E-state index contributed by atoms with van der Waals surface area (Å²) in [5, 5.41) is 0.976. The number of rotatable bonds is 4. The quantitative estimate of drug-likeness (QED) is 0.565. The number of hydrogen-bond donors (Lipinski definition) is 1. The van der Waals surface area contributed by atoms with Gasteiger partial charge in [-0.2, -0.15) is 0 Å². The molecule has 5 rings (SSSR count). The summed E-state index contributed by atoms with van der Waals surface area (Å²) in [5.41, 5.74) is 2.73. The van der Waals surface area contributed by atoms with E-state index < -0.39 is 0 Å². The molecule has 0 aliphatic carbocycles. The molecule has 152 valence electrons. The molecule has 1 N–H and O–H groups in total. The Kier molecular flexibility index (Phi) is 4.54. The number of likely N-dealkylation sites (N-methyl/N-ethyl adjacent to an activating group) is 1. The maximum Gasteiger partial charge on any atom is 0.274 e. The highest BCUT2D eigenvalue weighted by molar-refractivity contribution is 5.94. The molecule has 1 saturated heterocycles. The number of likely N-dealkylation sites (tertiary alicyclic amines) is 1. The van der Waals surface area contributed by atoms with E-state index >= 15 is 0 Å². The minimum atomic E-state index is -0.0638. The Morgan fingerprint density at radius 1 is 1.17 bits per heavy atom. The van der Waals surface area contributed by atoms with Crippen LogP contribution in [-0.4, -0.2) is 61.4 Å². The van der Waals surface area contributed by atoms with Crippen molar-refractivity contribution in [2.45, 2.75) is 31.8 Å². The lowest BCUT2D eigenvalue weighted by atomic mass is 10.2. The van der Waals surface area contributed by atoms with Crippen molar-refractivity contribution in [3.8, 4) is 0 Å². The van der Waals surface area contributed by atoms with Gasteiger partial charge in [0.15, 0.2) is 0 Å². The zero-order valence-electron chi connectivity index (χ0n) is 17.0. The summed E-state index contributed by atoms with van der Waals surface area (Å²) in [7, 11) is 2.01. The van der Waals surface area contributed by atoms with E-state index in [-0.39, 0.29) is 18.0 Å². The lowest BCUT2D eigenvalue weighted by Crippen LogP contribution is -2.45. The monoisotopic (exact) mass is 401 g/mol. The van der Waals surface area contributed by atoms with Crippen LogP contribution in [0.15, 0.2) is 49.1 Å². The summed E-state index contributed by atoms with van der Waals surface area (Å²) in [6, 6.07) is 9.82. The van der Waals surface area contributed by atoms with Gasteiger partial charge in [0.2, 0.25) is 0 Å². The third-order valence-corrected chi connectivity index (χ3v) is 5.87. The van der Waals surface area contributed by atoms with Crippen LogP contribution in [0.1, 0.15) is 30.3 Å². The Bertz CT molecular complexity index is 1220. The molecule has 0 bridgehead atoms. The summed E-state index contributed by atoms with van der Waals surface area (Å²) >= 11 is 0. The first kappa shape index (κ1) is 18.5. The number of amides is 1. The number of nitrogens with one attached hydrogen (secondary N) is 1. The standard InChI is InChI=1S/C22H23N7O/c1-14-7-8-15(12-28(2)21-16-9-10-23-20(16)25-13-26-21)29(14)22(30)19-11-24-17-5-3-4-6-18(17)27-19/h3-6,9-11,13-15H,7-8,12H2,1-2H3,(H,23,25,26)/t14-,15-/m1/s1. The van der Waals surface area contributed by atoms with Gasteiger partial charge in [0.05, 0.1) is 22.6 Å². The van der Waals surface area contributed by atoms with Crippen LogP contribution in [-0.2, 0) is 0 Å². The Labute approximate surface area is 174 Å². The molecule has 1 aliphatic rings. The Morgan fingerprint density at radius 2 is 2.00 bits per heavy atom. The second-order valence-electron chi connectivity index (χ2n) is 7.85. The molecule has 8 heteroatoms. The number of aromatic amines is 1. The third-order valence-electron chi connectivity index (χ3n) is 5.87. The van der Waals surface area contributed by atoms with Crippen molar-refractivity contribution < 1.29 is 4.79 Å². The largest absolute Gasteiger partial charge is 0.357 e. The fourth-order valence-electron chi connectivity index (χ4n) is 4.37. The Balaban J connectivity index is 1.41. The third kappa shape index (κ3) is 3.14. The lowest BCUT2D eigenvalue weighted by molar-refractivity contribution is 0.0678. The average Bonchev–Trinajstić information content (AvgIpc) is 3.39. The summed E-state index contributed by atoms with van der Waals surface area (Å²) < 4.78 is 0. The summed E-state index contributed by atoms with van der Waals surface area (Å²) in [6.45, 7) is 2.79. The van der Waals surface area contributed by atoms with Gasteiger partial charge < -0.3 is 14.8 Å². The van der Waals surface area contributed by atoms with Gasteiger partial charge in [0, 0.05) is 31.9 Å². The van der Waals surface area contributed by atoms with E-state index in [0.717, 1.165) is 40.7 Å². The second kappa shape index (κ2) is 7.37. The highest BCUT2D eigenvalue weighted by Crippen LogP contribution is 2.28. The number of anilines is 1. The van der Waals surface area contributed by atoms with Crippen molar-refractivity contribution in [3.05, 3.63) is 54.7 Å². The second-order valence-corrected chi connectivity index (χ2v) is 7.85. The number of aromatic nitrogens is 5. The molecule has 4 aromatic rings. The maximum atomic E-state index is 13.4. The SMILES string of the molecule is C[C@@H]1CC[C@H](CN(C)c2ncnc3[nH]ccc23)N1C(=O)c1cnc2ccccc2n1. The number of hydrogen-bond acceptors (Lipinski definition) is 6. The van der Waals surface area contributed by atoms with Crippen molar-refractivity contribution in [1.29, 1.82) is 0 Å². The molecule has 1 aromatic carbocycles. The van der Waals surface area contributed by atoms with Crippen LogP contribution < -0.4 is 4.90 Å². The molecular formula is C22H23N7O. The molecule has 0 unspecified atom stereocenters. The number of benzene rings is 1. The van der Waals surface area contributed by atoms with E-state index in [9.17, 15) is 4.79 Å². The van der Waals surface area contributed by atoms with E-state index in [4.69, 9.17) is 0 Å². The highest BCUT2D eigenvalue weighted by atomic mass is 16.2. The zero-order valence-corrected chi connectivity index (χ0v) is 17.0. The highest BCUT2D eigenvalue weighted by Gasteiger charge is 2.36. The summed E-state index contributed by atoms with van der Waals surface area (Å²) in [5.74, 6) is 0.796. The molecule has 3 aromatic heterocycles. The van der Waals surface area contributed by atoms with Crippen molar-refractivity contribution >= 4 is 33.8 Å². The van der Waals surface area contributed by atoms with E-state index in [0.29, 0.717) is 12.2 Å². The first-order valence-electron chi connectivity index (χ1n) is 10.2. The first-order chi connectivity index (χ1) is 14.6. The van der Waals surface area contributed by atoms with Gasteiger partial charge in [-0.3, -0.25) is 9.78 Å². The molecule has 30 heavy (non-hydrogen) atoms.